The van der Waals surface area contributed by atoms with Gasteiger partial charge in [-0.1, -0.05) is 43.8 Å². The van der Waals surface area contributed by atoms with Gasteiger partial charge in [-0.15, -0.1) is 0 Å². The maximum Gasteiger partial charge on any atom is 0.141 e. The van der Waals surface area contributed by atoms with Crippen molar-refractivity contribution in [3.05, 3.63) is 53.7 Å². The van der Waals surface area contributed by atoms with Crippen molar-refractivity contribution in [1.29, 1.82) is 5.41 Å². The largest absolute Gasteiger partial charge is 0.382 e. The number of pyridine rings is 1. The highest BCUT2D eigenvalue weighted by Gasteiger charge is 2.04. The lowest BCUT2D eigenvalue weighted by atomic mass is 10.0. The SMILES string of the molecule is CC(C)c1ccc(Sc2cccc(C(=N)N)n2)cc1. The molecule has 0 unspecified atom stereocenters. The molecule has 0 aliphatic rings. The van der Waals surface area contributed by atoms with E-state index in [2.05, 4.69) is 43.1 Å². The second kappa shape index (κ2) is 5.89. The van der Waals surface area contributed by atoms with Gasteiger partial charge in [0.2, 0.25) is 0 Å². The number of benzene rings is 1. The molecule has 0 atom stereocenters. The van der Waals surface area contributed by atoms with Crippen molar-refractivity contribution in [1.82, 2.24) is 4.98 Å². The summed E-state index contributed by atoms with van der Waals surface area (Å²) >= 11 is 1.58. The van der Waals surface area contributed by atoms with Gasteiger partial charge >= 0.3 is 0 Å². The lowest BCUT2D eigenvalue weighted by molar-refractivity contribution is 0.865. The number of hydrogen-bond acceptors (Lipinski definition) is 3. The molecule has 98 valence electrons. The van der Waals surface area contributed by atoms with Crippen molar-refractivity contribution in [2.24, 2.45) is 5.73 Å². The molecular weight excluding hydrogens is 254 g/mol. The fourth-order valence-corrected chi connectivity index (χ4v) is 2.47. The van der Waals surface area contributed by atoms with E-state index in [1.165, 1.54) is 5.56 Å². The van der Waals surface area contributed by atoms with Crippen LogP contribution in [0.3, 0.4) is 0 Å². The molecule has 0 aliphatic heterocycles. The van der Waals surface area contributed by atoms with E-state index in [1.807, 2.05) is 12.1 Å². The van der Waals surface area contributed by atoms with Crippen LogP contribution in [0, 0.1) is 5.41 Å². The van der Waals surface area contributed by atoms with Gasteiger partial charge in [0, 0.05) is 4.90 Å². The highest BCUT2D eigenvalue weighted by atomic mass is 32.2. The lowest BCUT2D eigenvalue weighted by Gasteiger charge is -2.07. The molecule has 0 amide bonds. The third kappa shape index (κ3) is 3.58. The van der Waals surface area contributed by atoms with Crippen LogP contribution in [0.1, 0.15) is 31.0 Å². The summed E-state index contributed by atoms with van der Waals surface area (Å²) in [6.45, 7) is 4.36. The predicted molar refractivity (Wildman–Crippen MR) is 79.9 cm³/mol. The van der Waals surface area contributed by atoms with Crippen LogP contribution in [0.25, 0.3) is 0 Å². The Hall–Kier alpha value is -1.81. The number of aromatic nitrogens is 1. The Kier molecular flexibility index (Phi) is 4.22. The van der Waals surface area contributed by atoms with Gasteiger partial charge in [-0.2, -0.15) is 0 Å². The summed E-state index contributed by atoms with van der Waals surface area (Å²) in [4.78, 5) is 5.48. The van der Waals surface area contributed by atoms with E-state index in [4.69, 9.17) is 11.1 Å². The first kappa shape index (κ1) is 13.6. The van der Waals surface area contributed by atoms with Crippen LogP contribution >= 0.6 is 11.8 Å². The molecule has 4 heteroatoms. The fraction of sp³-hybridized carbons (Fsp3) is 0.200. The van der Waals surface area contributed by atoms with Crippen molar-refractivity contribution < 1.29 is 0 Å². The highest BCUT2D eigenvalue weighted by molar-refractivity contribution is 7.99. The molecule has 3 N–H and O–H groups in total. The van der Waals surface area contributed by atoms with E-state index in [0.717, 1.165) is 9.92 Å². The normalized spacial score (nSPS) is 10.7. The number of nitrogens with one attached hydrogen (secondary N) is 1. The van der Waals surface area contributed by atoms with Crippen molar-refractivity contribution in [2.45, 2.75) is 29.7 Å². The topological polar surface area (TPSA) is 62.8 Å². The Morgan fingerprint density at radius 1 is 1.16 bits per heavy atom. The Morgan fingerprint density at radius 2 is 1.84 bits per heavy atom. The molecule has 0 fully saturated rings. The second-order valence-corrected chi connectivity index (χ2v) is 5.69. The van der Waals surface area contributed by atoms with Crippen LogP contribution in [-0.2, 0) is 0 Å². The summed E-state index contributed by atoms with van der Waals surface area (Å²) in [6, 6.07) is 14.0. The van der Waals surface area contributed by atoms with Crippen molar-refractivity contribution >= 4 is 17.6 Å². The van der Waals surface area contributed by atoms with Crippen LogP contribution in [0.15, 0.2) is 52.4 Å². The quantitative estimate of drug-likeness (QED) is 0.659. The summed E-state index contributed by atoms with van der Waals surface area (Å²) in [6.07, 6.45) is 0. The first-order chi connectivity index (χ1) is 9.06. The number of rotatable bonds is 4. The molecule has 0 saturated carbocycles. The third-order valence-electron chi connectivity index (χ3n) is 2.77. The van der Waals surface area contributed by atoms with E-state index in [-0.39, 0.29) is 5.84 Å². The average Bonchev–Trinajstić information content (AvgIpc) is 2.39. The van der Waals surface area contributed by atoms with Crippen LogP contribution in [0.5, 0.6) is 0 Å². The van der Waals surface area contributed by atoms with Crippen molar-refractivity contribution in [3.8, 4) is 0 Å². The summed E-state index contributed by atoms with van der Waals surface area (Å²) in [5.74, 6) is 0.538. The number of nitrogen functional groups attached to an aromatic ring is 1. The second-order valence-electron chi connectivity index (χ2n) is 4.60. The van der Waals surface area contributed by atoms with Gasteiger partial charge < -0.3 is 5.73 Å². The zero-order valence-electron chi connectivity index (χ0n) is 11.1. The van der Waals surface area contributed by atoms with E-state index in [1.54, 1.807) is 17.8 Å². The molecule has 19 heavy (non-hydrogen) atoms. The molecule has 1 aromatic heterocycles. The predicted octanol–water partition coefficient (Wildman–Crippen LogP) is 3.64. The molecule has 3 nitrogen and oxygen atoms in total. The van der Waals surface area contributed by atoms with Gasteiger partial charge in [0.25, 0.3) is 0 Å². The van der Waals surface area contributed by atoms with Gasteiger partial charge in [-0.25, -0.2) is 4.98 Å². The fourth-order valence-electron chi connectivity index (χ4n) is 1.66. The minimum Gasteiger partial charge on any atom is -0.382 e. The Balaban J connectivity index is 2.16. The Morgan fingerprint density at radius 3 is 2.42 bits per heavy atom. The van der Waals surface area contributed by atoms with Crippen LogP contribution < -0.4 is 5.73 Å². The Labute approximate surface area is 117 Å². The average molecular weight is 271 g/mol. The number of nitrogens with zero attached hydrogens (tertiary/aromatic N) is 1. The maximum atomic E-state index is 7.39. The van der Waals surface area contributed by atoms with Crippen LogP contribution in [0.2, 0.25) is 0 Å². The monoisotopic (exact) mass is 271 g/mol. The van der Waals surface area contributed by atoms with Gasteiger partial charge in [-0.3, -0.25) is 5.41 Å². The van der Waals surface area contributed by atoms with Gasteiger partial charge in [-0.05, 0) is 35.7 Å². The molecule has 1 heterocycles. The highest BCUT2D eigenvalue weighted by Crippen LogP contribution is 2.27. The molecule has 2 rings (SSSR count). The van der Waals surface area contributed by atoms with Gasteiger partial charge in [0.1, 0.15) is 16.6 Å². The van der Waals surface area contributed by atoms with Crippen LogP contribution in [0.4, 0.5) is 0 Å². The summed E-state index contributed by atoms with van der Waals surface area (Å²) < 4.78 is 0. The molecule has 0 bridgehead atoms. The van der Waals surface area contributed by atoms with E-state index in [0.29, 0.717) is 11.6 Å². The molecule has 0 spiro atoms. The summed E-state index contributed by atoms with van der Waals surface area (Å²) in [5, 5.41) is 8.24. The van der Waals surface area contributed by atoms with E-state index in [9.17, 15) is 0 Å². The number of nitrogens with two attached hydrogens (primary N) is 1. The van der Waals surface area contributed by atoms with Gasteiger partial charge in [0.05, 0.1) is 0 Å². The summed E-state index contributed by atoms with van der Waals surface area (Å²) in [5.41, 5.74) is 7.29. The molecule has 0 aliphatic carbocycles. The molecule has 0 radical (unpaired) electrons. The van der Waals surface area contributed by atoms with Crippen LogP contribution in [-0.4, -0.2) is 10.8 Å². The molecule has 1 aromatic carbocycles. The first-order valence-electron chi connectivity index (χ1n) is 6.15. The smallest absolute Gasteiger partial charge is 0.141 e. The number of hydrogen-bond donors (Lipinski definition) is 2. The Bertz CT molecular complexity index is 576. The maximum absolute atomic E-state index is 7.39. The molecule has 0 saturated heterocycles. The van der Waals surface area contributed by atoms with Gasteiger partial charge in [0.15, 0.2) is 0 Å². The third-order valence-corrected chi connectivity index (χ3v) is 3.71. The lowest BCUT2D eigenvalue weighted by Crippen LogP contribution is -2.12. The minimum absolute atomic E-state index is 0.00222. The van der Waals surface area contributed by atoms with Crippen molar-refractivity contribution in [3.63, 3.8) is 0 Å². The molecular formula is C15H17N3S. The zero-order valence-corrected chi connectivity index (χ0v) is 11.9. The van der Waals surface area contributed by atoms with Crippen molar-refractivity contribution in [2.75, 3.05) is 0 Å². The van der Waals surface area contributed by atoms with E-state index < -0.39 is 0 Å². The first-order valence-corrected chi connectivity index (χ1v) is 6.97. The molecule has 2 aromatic rings. The number of amidine groups is 1. The minimum atomic E-state index is -0.00222. The summed E-state index contributed by atoms with van der Waals surface area (Å²) in [7, 11) is 0. The zero-order chi connectivity index (χ0) is 13.8. The standard InChI is InChI=1S/C15H17N3S/c1-10(2)11-6-8-12(9-7-11)19-14-5-3-4-13(18-14)15(16)17/h3-10H,1-2H3,(H3,16,17). The van der Waals surface area contributed by atoms with E-state index >= 15 is 0 Å².